The van der Waals surface area contributed by atoms with Crippen molar-refractivity contribution in [1.29, 1.82) is 0 Å². The Bertz CT molecular complexity index is 1160. The highest BCUT2D eigenvalue weighted by molar-refractivity contribution is 7.22. The Kier molecular flexibility index (Phi) is 3.98. The van der Waals surface area contributed by atoms with Gasteiger partial charge in [0, 0.05) is 11.1 Å². The lowest BCUT2D eigenvalue weighted by molar-refractivity contribution is -0.116. The monoisotopic (exact) mass is 388 g/mol. The number of fused-ring (bicyclic) bond motifs is 3. The fourth-order valence-electron chi connectivity index (χ4n) is 3.51. The molecule has 2 heterocycles. The van der Waals surface area contributed by atoms with E-state index in [4.69, 9.17) is 9.47 Å². The van der Waals surface area contributed by atoms with Crippen LogP contribution in [0.25, 0.3) is 10.2 Å². The summed E-state index contributed by atoms with van der Waals surface area (Å²) in [6, 6.07) is 21.0. The molecule has 1 N–H and O–H groups in total. The Morgan fingerprint density at radius 2 is 1.68 bits per heavy atom. The van der Waals surface area contributed by atoms with E-state index in [1.165, 1.54) is 11.3 Å². The molecule has 138 valence electrons. The lowest BCUT2D eigenvalue weighted by atomic mass is 9.87. The molecule has 5 nitrogen and oxygen atoms in total. The van der Waals surface area contributed by atoms with Crippen molar-refractivity contribution in [3.63, 3.8) is 0 Å². The zero-order chi connectivity index (χ0) is 19.1. The van der Waals surface area contributed by atoms with Crippen molar-refractivity contribution in [3.05, 3.63) is 77.9 Å². The molecular weight excluding hydrogens is 372 g/mol. The number of hydrogen-bond acceptors (Lipinski definition) is 5. The second-order valence-corrected chi connectivity index (χ2v) is 7.46. The van der Waals surface area contributed by atoms with E-state index in [1.807, 2.05) is 66.7 Å². The van der Waals surface area contributed by atoms with Gasteiger partial charge in [-0.05, 0) is 24.3 Å². The molecular formula is C22H16N2O3S. The number of methoxy groups -OCH3 is 1. The molecule has 0 spiro atoms. The van der Waals surface area contributed by atoms with Gasteiger partial charge in [0.05, 0.1) is 17.7 Å². The molecule has 1 aliphatic rings. The largest absolute Gasteiger partial charge is 0.494 e. The third-order valence-electron chi connectivity index (χ3n) is 4.77. The molecule has 0 fully saturated rings. The van der Waals surface area contributed by atoms with Gasteiger partial charge in [0.25, 0.3) is 0 Å². The molecule has 0 unspecified atom stereocenters. The Labute approximate surface area is 165 Å². The van der Waals surface area contributed by atoms with Crippen molar-refractivity contribution < 1.29 is 14.3 Å². The number of carbonyl (C=O) groups excluding carboxylic acids is 1. The highest BCUT2D eigenvalue weighted by Crippen LogP contribution is 2.44. The van der Waals surface area contributed by atoms with Crippen molar-refractivity contribution in [2.24, 2.45) is 0 Å². The van der Waals surface area contributed by atoms with Crippen molar-refractivity contribution in [2.75, 3.05) is 12.4 Å². The van der Waals surface area contributed by atoms with Crippen molar-refractivity contribution in [3.8, 4) is 17.2 Å². The molecule has 0 saturated carbocycles. The number of ether oxygens (including phenoxy) is 2. The van der Waals surface area contributed by atoms with Crippen LogP contribution in [0.4, 0.5) is 5.13 Å². The number of thiazole rings is 1. The molecule has 0 atom stereocenters. The third kappa shape index (κ3) is 2.70. The van der Waals surface area contributed by atoms with Crippen LogP contribution >= 0.6 is 11.3 Å². The maximum absolute atomic E-state index is 13.3. The van der Waals surface area contributed by atoms with Crippen LogP contribution in [-0.2, 0) is 4.79 Å². The minimum atomic E-state index is -0.463. The summed E-state index contributed by atoms with van der Waals surface area (Å²) < 4.78 is 12.3. The van der Waals surface area contributed by atoms with E-state index in [2.05, 4.69) is 10.3 Å². The quantitative estimate of drug-likeness (QED) is 0.525. The Hall–Kier alpha value is -3.38. The number of nitrogens with zero attached hydrogens (tertiary/aromatic N) is 1. The summed E-state index contributed by atoms with van der Waals surface area (Å²) in [5.74, 6) is 1.49. The number of amides is 1. The highest BCUT2D eigenvalue weighted by Gasteiger charge is 2.32. The lowest BCUT2D eigenvalue weighted by Crippen LogP contribution is -2.24. The molecule has 0 saturated heterocycles. The van der Waals surface area contributed by atoms with Crippen LogP contribution in [0.2, 0.25) is 0 Å². The van der Waals surface area contributed by atoms with Gasteiger partial charge in [-0.15, -0.1) is 0 Å². The summed E-state index contributed by atoms with van der Waals surface area (Å²) in [5.41, 5.74) is 2.44. The molecule has 0 radical (unpaired) electrons. The SMILES string of the molecule is COc1cccc2sc(NC(=O)C3c4ccccc4Oc4ccccc43)nc12. The van der Waals surface area contributed by atoms with Gasteiger partial charge in [-0.2, -0.15) is 0 Å². The van der Waals surface area contributed by atoms with Crippen molar-refractivity contribution in [1.82, 2.24) is 4.98 Å². The Balaban J connectivity index is 1.54. The topological polar surface area (TPSA) is 60.5 Å². The summed E-state index contributed by atoms with van der Waals surface area (Å²) in [6.07, 6.45) is 0. The van der Waals surface area contributed by atoms with Gasteiger partial charge in [-0.25, -0.2) is 4.98 Å². The highest BCUT2D eigenvalue weighted by atomic mass is 32.1. The average Bonchev–Trinajstić information content (AvgIpc) is 3.14. The third-order valence-corrected chi connectivity index (χ3v) is 5.71. The first-order valence-corrected chi connectivity index (χ1v) is 9.66. The van der Waals surface area contributed by atoms with Crippen LogP contribution in [-0.4, -0.2) is 18.0 Å². The van der Waals surface area contributed by atoms with Crippen molar-refractivity contribution in [2.45, 2.75) is 5.92 Å². The number of aromatic nitrogens is 1. The number of rotatable bonds is 3. The van der Waals surface area contributed by atoms with Crippen LogP contribution in [0.1, 0.15) is 17.0 Å². The zero-order valence-corrected chi connectivity index (χ0v) is 15.8. The van der Waals surface area contributed by atoms with E-state index in [0.717, 1.165) is 21.3 Å². The standard InChI is InChI=1S/C22H16N2O3S/c1-26-17-11-6-12-18-20(17)23-22(28-18)24-21(25)19-13-7-2-4-9-15(13)27-16-10-5-3-8-14(16)19/h2-12,19H,1H3,(H,23,24,25). The van der Waals surface area contributed by atoms with Gasteiger partial charge in [0.15, 0.2) is 5.13 Å². The zero-order valence-electron chi connectivity index (χ0n) is 15.0. The van der Waals surface area contributed by atoms with Crippen LogP contribution in [0.3, 0.4) is 0 Å². The smallest absolute Gasteiger partial charge is 0.238 e. The van der Waals surface area contributed by atoms with Gasteiger partial charge in [-0.3, -0.25) is 4.79 Å². The minimum Gasteiger partial charge on any atom is -0.494 e. The maximum Gasteiger partial charge on any atom is 0.238 e. The first-order chi connectivity index (χ1) is 13.7. The van der Waals surface area contributed by atoms with E-state index in [9.17, 15) is 4.79 Å². The van der Waals surface area contributed by atoms with Crippen LogP contribution in [0, 0.1) is 0 Å². The van der Waals surface area contributed by atoms with E-state index in [0.29, 0.717) is 22.4 Å². The normalized spacial score (nSPS) is 12.8. The number of para-hydroxylation sites is 3. The molecule has 6 heteroatoms. The second kappa shape index (κ2) is 6.65. The number of benzene rings is 3. The number of anilines is 1. The fraction of sp³-hybridized carbons (Fsp3) is 0.0909. The molecule has 4 aromatic rings. The van der Waals surface area contributed by atoms with Crippen LogP contribution in [0.15, 0.2) is 66.7 Å². The molecule has 1 aromatic heterocycles. The predicted molar refractivity (Wildman–Crippen MR) is 110 cm³/mol. The molecule has 0 aliphatic carbocycles. The van der Waals surface area contributed by atoms with E-state index < -0.39 is 5.92 Å². The molecule has 3 aromatic carbocycles. The van der Waals surface area contributed by atoms with Gasteiger partial charge in [-0.1, -0.05) is 53.8 Å². The van der Waals surface area contributed by atoms with E-state index in [1.54, 1.807) is 7.11 Å². The minimum absolute atomic E-state index is 0.138. The number of carbonyl (C=O) groups is 1. The molecule has 1 aliphatic heterocycles. The summed E-state index contributed by atoms with van der Waals surface area (Å²) in [6.45, 7) is 0. The lowest BCUT2D eigenvalue weighted by Gasteiger charge is -2.27. The second-order valence-electron chi connectivity index (χ2n) is 6.43. The Morgan fingerprint density at radius 3 is 2.36 bits per heavy atom. The number of nitrogens with one attached hydrogen (secondary N) is 1. The summed E-state index contributed by atoms with van der Waals surface area (Å²) in [4.78, 5) is 17.9. The summed E-state index contributed by atoms with van der Waals surface area (Å²) in [7, 11) is 1.61. The number of hydrogen-bond donors (Lipinski definition) is 1. The predicted octanol–water partition coefficient (Wildman–Crippen LogP) is 5.18. The summed E-state index contributed by atoms with van der Waals surface area (Å²) >= 11 is 1.43. The van der Waals surface area contributed by atoms with Crippen LogP contribution < -0.4 is 14.8 Å². The maximum atomic E-state index is 13.3. The molecule has 28 heavy (non-hydrogen) atoms. The van der Waals surface area contributed by atoms with Gasteiger partial charge in [0.1, 0.15) is 22.8 Å². The molecule has 1 amide bonds. The van der Waals surface area contributed by atoms with Crippen molar-refractivity contribution >= 4 is 32.6 Å². The molecule has 5 rings (SSSR count). The van der Waals surface area contributed by atoms with Gasteiger partial charge in [0.2, 0.25) is 5.91 Å². The van der Waals surface area contributed by atoms with Crippen LogP contribution in [0.5, 0.6) is 17.2 Å². The average molecular weight is 388 g/mol. The fourth-order valence-corrected chi connectivity index (χ4v) is 4.40. The van der Waals surface area contributed by atoms with Gasteiger partial charge >= 0.3 is 0 Å². The van der Waals surface area contributed by atoms with E-state index in [-0.39, 0.29) is 5.91 Å². The summed E-state index contributed by atoms with van der Waals surface area (Å²) in [5, 5.41) is 3.54. The molecule has 0 bridgehead atoms. The first kappa shape index (κ1) is 16.8. The van der Waals surface area contributed by atoms with E-state index >= 15 is 0 Å². The first-order valence-electron chi connectivity index (χ1n) is 8.84. The Morgan fingerprint density at radius 1 is 1.00 bits per heavy atom. The van der Waals surface area contributed by atoms with Gasteiger partial charge < -0.3 is 14.8 Å².